The molecule has 0 atom stereocenters. The van der Waals surface area contributed by atoms with Gasteiger partial charge in [0.1, 0.15) is 5.82 Å². The number of rotatable bonds is 6. The fourth-order valence-corrected chi connectivity index (χ4v) is 4.81. The average molecular weight is 408 g/mol. The van der Waals surface area contributed by atoms with E-state index in [-0.39, 0.29) is 4.90 Å². The van der Waals surface area contributed by atoms with Crippen LogP contribution in [0.25, 0.3) is 11.0 Å². The number of ether oxygens (including phenoxy) is 2. The summed E-state index contributed by atoms with van der Waals surface area (Å²) in [6.07, 6.45) is 0.321. The van der Waals surface area contributed by atoms with Crippen LogP contribution in [0.5, 0.6) is 11.5 Å². The first-order valence-electron chi connectivity index (χ1n) is 9.02. The largest absolute Gasteiger partial charge is 0.493 e. The van der Waals surface area contributed by atoms with Gasteiger partial charge in [0, 0.05) is 6.42 Å². The van der Waals surface area contributed by atoms with Crippen LogP contribution >= 0.6 is 0 Å². The van der Waals surface area contributed by atoms with E-state index in [0.717, 1.165) is 5.56 Å². The Hall–Kier alpha value is -3.32. The summed E-state index contributed by atoms with van der Waals surface area (Å²) in [6, 6.07) is 21.1. The normalized spacial score (nSPS) is 11.5. The number of methoxy groups -OCH3 is 2. The summed E-state index contributed by atoms with van der Waals surface area (Å²) in [7, 11) is -0.664. The lowest BCUT2D eigenvalue weighted by atomic mass is 10.1. The number of benzene rings is 3. The first kappa shape index (κ1) is 19.0. The Morgan fingerprint density at radius 1 is 0.862 bits per heavy atom. The minimum Gasteiger partial charge on any atom is -0.493 e. The Morgan fingerprint density at radius 2 is 1.55 bits per heavy atom. The second kappa shape index (κ2) is 7.60. The van der Waals surface area contributed by atoms with Crippen LogP contribution in [0.1, 0.15) is 11.4 Å². The number of nitrogens with zero attached hydrogens (tertiary/aromatic N) is 2. The highest BCUT2D eigenvalue weighted by Crippen LogP contribution is 2.30. The molecule has 148 valence electrons. The Kier molecular flexibility index (Phi) is 4.98. The van der Waals surface area contributed by atoms with Gasteiger partial charge in [-0.2, -0.15) is 0 Å². The molecule has 0 saturated heterocycles. The molecule has 0 radical (unpaired) electrons. The number of aromatic nitrogens is 2. The molecule has 0 aliphatic carbocycles. The number of fused-ring (bicyclic) bond motifs is 1. The second-order valence-electron chi connectivity index (χ2n) is 6.47. The van der Waals surface area contributed by atoms with Crippen molar-refractivity contribution in [2.75, 3.05) is 14.2 Å². The maximum atomic E-state index is 13.4. The summed E-state index contributed by atoms with van der Waals surface area (Å²) in [4.78, 5) is 4.83. The third-order valence-electron chi connectivity index (χ3n) is 4.68. The summed E-state index contributed by atoms with van der Waals surface area (Å²) in [5.41, 5.74) is 2.04. The van der Waals surface area contributed by atoms with Gasteiger partial charge in [-0.05, 0) is 42.0 Å². The molecule has 0 spiro atoms. The molecule has 0 amide bonds. The SMILES string of the molecule is COc1ccc(Cc2nc3ccccc3n2S(=O)(=O)c2ccccc2)cc1OC. The van der Waals surface area contributed by atoms with Crippen LogP contribution in [-0.2, 0) is 16.4 Å². The Bertz CT molecular complexity index is 1260. The minimum atomic E-state index is -3.80. The summed E-state index contributed by atoms with van der Waals surface area (Å²) >= 11 is 0. The van der Waals surface area contributed by atoms with Gasteiger partial charge in [0.15, 0.2) is 11.5 Å². The van der Waals surface area contributed by atoms with Crippen molar-refractivity contribution in [1.82, 2.24) is 8.96 Å². The van der Waals surface area contributed by atoms with Crippen LogP contribution in [0.4, 0.5) is 0 Å². The molecule has 0 saturated carbocycles. The topological polar surface area (TPSA) is 70.4 Å². The van der Waals surface area contributed by atoms with E-state index in [1.165, 1.54) is 3.97 Å². The quantitative estimate of drug-likeness (QED) is 0.484. The zero-order chi connectivity index (χ0) is 20.4. The van der Waals surface area contributed by atoms with E-state index < -0.39 is 10.0 Å². The predicted molar refractivity (Wildman–Crippen MR) is 111 cm³/mol. The zero-order valence-electron chi connectivity index (χ0n) is 16.1. The molecule has 0 bridgehead atoms. The summed E-state index contributed by atoms with van der Waals surface area (Å²) in [5, 5.41) is 0. The summed E-state index contributed by atoms with van der Waals surface area (Å²) in [6.45, 7) is 0. The van der Waals surface area contributed by atoms with Crippen molar-refractivity contribution in [3.63, 3.8) is 0 Å². The predicted octanol–water partition coefficient (Wildman–Crippen LogP) is 3.88. The number of hydrogen-bond acceptors (Lipinski definition) is 5. The maximum absolute atomic E-state index is 13.4. The molecule has 3 aromatic carbocycles. The van der Waals surface area contributed by atoms with E-state index in [2.05, 4.69) is 4.98 Å². The van der Waals surface area contributed by atoms with E-state index in [1.807, 2.05) is 24.3 Å². The maximum Gasteiger partial charge on any atom is 0.269 e. The van der Waals surface area contributed by atoms with E-state index in [4.69, 9.17) is 9.47 Å². The molecule has 0 fully saturated rings. The lowest BCUT2D eigenvalue weighted by Gasteiger charge is -2.12. The molecule has 0 aliphatic heterocycles. The first-order chi connectivity index (χ1) is 14.0. The zero-order valence-corrected chi connectivity index (χ0v) is 16.9. The van der Waals surface area contributed by atoms with Gasteiger partial charge in [-0.15, -0.1) is 0 Å². The van der Waals surface area contributed by atoms with Gasteiger partial charge in [0.2, 0.25) is 0 Å². The molecule has 4 rings (SSSR count). The van der Waals surface area contributed by atoms with Crippen molar-refractivity contribution >= 4 is 21.1 Å². The van der Waals surface area contributed by atoms with Crippen LogP contribution in [0.15, 0.2) is 77.7 Å². The van der Waals surface area contributed by atoms with Gasteiger partial charge < -0.3 is 9.47 Å². The van der Waals surface area contributed by atoms with Gasteiger partial charge in [0.05, 0.1) is 30.1 Å². The fraction of sp³-hybridized carbons (Fsp3) is 0.136. The molecule has 6 nitrogen and oxygen atoms in total. The van der Waals surface area contributed by atoms with E-state index in [0.29, 0.717) is 34.8 Å². The highest BCUT2D eigenvalue weighted by molar-refractivity contribution is 7.90. The van der Waals surface area contributed by atoms with Crippen LogP contribution in [0, 0.1) is 0 Å². The lowest BCUT2D eigenvalue weighted by molar-refractivity contribution is 0.354. The Balaban J connectivity index is 1.87. The summed E-state index contributed by atoms with van der Waals surface area (Å²) in [5.74, 6) is 1.63. The van der Waals surface area contributed by atoms with Gasteiger partial charge in [-0.1, -0.05) is 36.4 Å². The van der Waals surface area contributed by atoms with Gasteiger partial charge >= 0.3 is 0 Å². The number of hydrogen-bond donors (Lipinski definition) is 0. The molecule has 0 unspecified atom stereocenters. The smallest absolute Gasteiger partial charge is 0.269 e. The van der Waals surface area contributed by atoms with Crippen molar-refractivity contribution in [1.29, 1.82) is 0 Å². The van der Waals surface area contributed by atoms with E-state index in [9.17, 15) is 8.42 Å². The molecule has 1 heterocycles. The monoisotopic (exact) mass is 408 g/mol. The summed E-state index contributed by atoms with van der Waals surface area (Å²) < 4.78 is 38.8. The van der Waals surface area contributed by atoms with Crippen LogP contribution in [0.2, 0.25) is 0 Å². The molecule has 1 aromatic heterocycles. The Labute approximate surface area is 169 Å². The second-order valence-corrected chi connectivity index (χ2v) is 8.25. The molecule has 0 aliphatic rings. The van der Waals surface area contributed by atoms with Crippen molar-refractivity contribution in [2.24, 2.45) is 0 Å². The van der Waals surface area contributed by atoms with Crippen LogP contribution < -0.4 is 9.47 Å². The minimum absolute atomic E-state index is 0.219. The van der Waals surface area contributed by atoms with E-state index in [1.54, 1.807) is 62.8 Å². The first-order valence-corrected chi connectivity index (χ1v) is 10.5. The molecule has 4 aromatic rings. The van der Waals surface area contributed by atoms with Gasteiger partial charge in [-0.25, -0.2) is 17.4 Å². The van der Waals surface area contributed by atoms with Crippen molar-refractivity contribution in [3.05, 3.63) is 84.2 Å². The number of imidazole rings is 1. The molecular weight excluding hydrogens is 388 g/mol. The third kappa shape index (κ3) is 3.45. The van der Waals surface area contributed by atoms with Crippen molar-refractivity contribution in [2.45, 2.75) is 11.3 Å². The number of para-hydroxylation sites is 2. The highest BCUT2D eigenvalue weighted by atomic mass is 32.2. The molecular formula is C22H20N2O4S. The van der Waals surface area contributed by atoms with E-state index >= 15 is 0 Å². The van der Waals surface area contributed by atoms with Crippen LogP contribution in [0.3, 0.4) is 0 Å². The Morgan fingerprint density at radius 3 is 2.28 bits per heavy atom. The third-order valence-corrected chi connectivity index (χ3v) is 6.43. The molecule has 7 heteroatoms. The van der Waals surface area contributed by atoms with Gasteiger partial charge in [-0.3, -0.25) is 0 Å². The van der Waals surface area contributed by atoms with Gasteiger partial charge in [0.25, 0.3) is 10.0 Å². The van der Waals surface area contributed by atoms with Crippen molar-refractivity contribution in [3.8, 4) is 11.5 Å². The highest BCUT2D eigenvalue weighted by Gasteiger charge is 2.24. The lowest BCUT2D eigenvalue weighted by Crippen LogP contribution is -2.16. The van der Waals surface area contributed by atoms with Crippen molar-refractivity contribution < 1.29 is 17.9 Å². The molecule has 29 heavy (non-hydrogen) atoms. The fourth-order valence-electron chi connectivity index (χ4n) is 3.30. The molecule has 0 N–H and O–H groups in total. The average Bonchev–Trinajstić information content (AvgIpc) is 3.12. The van der Waals surface area contributed by atoms with Crippen LogP contribution in [-0.4, -0.2) is 31.6 Å². The standard InChI is InChI=1S/C22H20N2O4S/c1-27-20-13-12-16(14-21(20)28-2)15-22-23-18-10-6-7-11-19(18)24(22)29(25,26)17-8-4-3-5-9-17/h3-14H,15H2,1-2H3.